The third-order valence-electron chi connectivity index (χ3n) is 9.95. The highest BCUT2D eigenvalue weighted by Crippen LogP contribution is 2.56. The van der Waals surface area contributed by atoms with E-state index in [1.807, 2.05) is 91.9 Å². The molecule has 1 spiro atoms. The van der Waals surface area contributed by atoms with Crippen LogP contribution >= 0.6 is 15.9 Å². The molecule has 0 aliphatic heterocycles. The Kier molecular flexibility index (Phi) is 16.6. The second kappa shape index (κ2) is 21.5. The van der Waals surface area contributed by atoms with Gasteiger partial charge in [0.05, 0.1) is 0 Å². The second-order valence-electron chi connectivity index (χ2n) is 13.7. The lowest BCUT2D eigenvalue weighted by Crippen LogP contribution is -2.21. The molecule has 2 atom stereocenters. The lowest BCUT2D eigenvalue weighted by Gasteiger charge is -2.27. The summed E-state index contributed by atoms with van der Waals surface area (Å²) in [5.74, 6) is 0.709. The van der Waals surface area contributed by atoms with Crippen LogP contribution in [0.3, 0.4) is 0 Å². The molecule has 1 nitrogen and oxygen atoms in total. The van der Waals surface area contributed by atoms with Gasteiger partial charge in [-0.25, -0.2) is 0 Å². The molecule has 1 fully saturated rings. The number of hydrogen-bond donors (Lipinski definition) is 0. The smallest absolute Gasteiger partial charge is 0.0413 e. The maximum absolute atomic E-state index is 4.33. The highest BCUT2D eigenvalue weighted by Gasteiger charge is 2.45. The third-order valence-corrected chi connectivity index (χ3v) is 10.6. The van der Waals surface area contributed by atoms with E-state index in [1.165, 1.54) is 56.8 Å². The number of halogens is 1. The van der Waals surface area contributed by atoms with Crippen LogP contribution in [0, 0.1) is 6.92 Å². The van der Waals surface area contributed by atoms with E-state index < -0.39 is 0 Å². The molecule has 0 N–H and O–H groups in total. The fourth-order valence-electron chi connectivity index (χ4n) is 6.82. The number of allylic oxidation sites excluding steroid dienone is 7. The summed E-state index contributed by atoms with van der Waals surface area (Å²) >= 11 is 3.60. The Balaban J connectivity index is 0.000000177. The molecule has 2 aliphatic carbocycles. The van der Waals surface area contributed by atoms with Crippen LogP contribution in [0.1, 0.15) is 68.2 Å². The lowest BCUT2D eigenvalue weighted by atomic mass is 9.75. The Hall–Kier alpha value is -5.18. The third kappa shape index (κ3) is 11.4. The van der Waals surface area contributed by atoms with Crippen LogP contribution in [-0.4, -0.2) is 6.54 Å². The van der Waals surface area contributed by atoms with Crippen molar-refractivity contribution in [1.82, 2.24) is 0 Å². The molecule has 54 heavy (non-hydrogen) atoms. The Morgan fingerprint density at radius 2 is 1.30 bits per heavy atom. The van der Waals surface area contributed by atoms with Gasteiger partial charge >= 0.3 is 0 Å². The van der Waals surface area contributed by atoms with Gasteiger partial charge in [0.2, 0.25) is 0 Å². The standard InChI is InChI=1S/C21H21Br.C15H15N.C10H14.C6H6/c1-5-18-10-16-8-7-14(3)9-20(16)21(18)12-15(4)17(13-21)11-19(22)6-2;1-2-13-16(14-9-5-3-6-10-14)15-11-7-4-8-12-15;1-3-9(2)10-7-5-4-6-8-10;1-2-4-6-5-3-1/h5-11H,1,4,12-13H2,2-3H3;2-12H,1,13H2;4-9H,3H2,1-2H3;1-6H/b17-11-,19-6+;;;/t;;9-;/m..1./s1. The molecule has 0 heterocycles. The van der Waals surface area contributed by atoms with Crippen LogP contribution in [-0.2, 0) is 5.41 Å². The molecule has 0 bridgehead atoms. The van der Waals surface area contributed by atoms with Crippen molar-refractivity contribution in [3.05, 3.63) is 233 Å². The zero-order chi connectivity index (χ0) is 38.8. The van der Waals surface area contributed by atoms with Gasteiger partial charge in [-0.1, -0.05) is 200 Å². The maximum Gasteiger partial charge on any atom is 0.0413 e. The quantitative estimate of drug-likeness (QED) is 0.142. The van der Waals surface area contributed by atoms with E-state index in [1.54, 1.807) is 0 Å². The van der Waals surface area contributed by atoms with Gasteiger partial charge in [0.25, 0.3) is 0 Å². The van der Waals surface area contributed by atoms with Crippen LogP contribution in [0.2, 0.25) is 0 Å². The van der Waals surface area contributed by atoms with E-state index >= 15 is 0 Å². The number of anilines is 2. The van der Waals surface area contributed by atoms with Crippen molar-refractivity contribution in [2.75, 3.05) is 11.4 Å². The highest BCUT2D eigenvalue weighted by molar-refractivity contribution is 9.11. The van der Waals surface area contributed by atoms with Gasteiger partial charge in [-0.05, 0) is 97.2 Å². The van der Waals surface area contributed by atoms with E-state index in [0.717, 1.165) is 23.9 Å². The summed E-state index contributed by atoms with van der Waals surface area (Å²) in [6.07, 6.45) is 13.7. The number of para-hydroxylation sites is 2. The van der Waals surface area contributed by atoms with Gasteiger partial charge in [0, 0.05) is 27.8 Å². The summed E-state index contributed by atoms with van der Waals surface area (Å²) < 4.78 is 1.12. The van der Waals surface area contributed by atoms with Gasteiger partial charge in [0.15, 0.2) is 0 Å². The zero-order valence-electron chi connectivity index (χ0n) is 32.6. The van der Waals surface area contributed by atoms with Crippen molar-refractivity contribution in [2.24, 2.45) is 0 Å². The Bertz CT molecular complexity index is 1940. The van der Waals surface area contributed by atoms with E-state index in [-0.39, 0.29) is 5.41 Å². The van der Waals surface area contributed by atoms with E-state index in [0.29, 0.717) is 5.92 Å². The summed E-state index contributed by atoms with van der Waals surface area (Å²) in [4.78, 5) is 2.23. The Morgan fingerprint density at radius 1 is 0.778 bits per heavy atom. The van der Waals surface area contributed by atoms with E-state index in [4.69, 9.17) is 0 Å². The van der Waals surface area contributed by atoms with Gasteiger partial charge in [0.1, 0.15) is 0 Å². The van der Waals surface area contributed by atoms with Gasteiger partial charge in [-0.2, -0.15) is 0 Å². The van der Waals surface area contributed by atoms with Crippen molar-refractivity contribution in [1.29, 1.82) is 0 Å². The fourth-order valence-corrected chi connectivity index (χ4v) is 7.10. The fraction of sp³-hybridized carbons (Fsp3) is 0.192. The number of benzene rings is 5. The molecular weight excluding hydrogens is 718 g/mol. The zero-order valence-corrected chi connectivity index (χ0v) is 34.2. The van der Waals surface area contributed by atoms with Gasteiger partial charge in [-0.3, -0.25) is 0 Å². The predicted octanol–water partition coefficient (Wildman–Crippen LogP) is 15.3. The number of fused-ring (bicyclic) bond motifs is 2. The molecular formula is C52H56BrN. The van der Waals surface area contributed by atoms with E-state index in [2.05, 4.69) is 152 Å². The van der Waals surface area contributed by atoms with Crippen LogP contribution < -0.4 is 4.90 Å². The number of hydrogen-bond acceptors (Lipinski definition) is 1. The second-order valence-corrected chi connectivity index (χ2v) is 14.6. The molecule has 0 radical (unpaired) electrons. The molecule has 5 aromatic rings. The molecule has 2 heteroatoms. The maximum atomic E-state index is 4.33. The molecule has 7 rings (SSSR count). The first-order valence-corrected chi connectivity index (χ1v) is 19.7. The number of aryl methyl sites for hydroxylation is 1. The molecule has 2 aliphatic rings. The summed E-state index contributed by atoms with van der Waals surface area (Å²) in [7, 11) is 0. The minimum atomic E-state index is 0.0348. The Morgan fingerprint density at radius 3 is 1.78 bits per heavy atom. The predicted molar refractivity (Wildman–Crippen MR) is 242 cm³/mol. The van der Waals surface area contributed by atoms with Crippen molar-refractivity contribution in [3.63, 3.8) is 0 Å². The largest absolute Gasteiger partial charge is 0.338 e. The summed E-state index contributed by atoms with van der Waals surface area (Å²) in [6.45, 7) is 21.7. The average Bonchev–Trinajstić information content (AvgIpc) is 3.72. The first-order chi connectivity index (χ1) is 26.3. The normalized spacial score (nSPS) is 16.7. The first kappa shape index (κ1) is 41.6. The number of nitrogens with zero attached hydrogens (tertiary/aromatic N) is 1. The summed E-state index contributed by atoms with van der Waals surface area (Å²) in [5.41, 5.74) is 11.8. The highest BCUT2D eigenvalue weighted by atomic mass is 79.9. The molecule has 0 saturated heterocycles. The minimum Gasteiger partial charge on any atom is -0.338 e. The number of rotatable bonds is 8. The van der Waals surface area contributed by atoms with Gasteiger partial charge < -0.3 is 4.90 Å². The van der Waals surface area contributed by atoms with Crippen LogP contribution in [0.5, 0.6) is 0 Å². The molecule has 0 amide bonds. The summed E-state index contributed by atoms with van der Waals surface area (Å²) in [6, 6.07) is 50.1. The molecule has 1 unspecified atom stereocenters. The molecule has 1 saturated carbocycles. The first-order valence-electron chi connectivity index (χ1n) is 19.0. The van der Waals surface area contributed by atoms with Crippen molar-refractivity contribution >= 4 is 33.4 Å². The van der Waals surface area contributed by atoms with Crippen LogP contribution in [0.25, 0.3) is 6.08 Å². The Labute approximate surface area is 334 Å². The monoisotopic (exact) mass is 773 g/mol. The van der Waals surface area contributed by atoms with Gasteiger partial charge in [-0.15, -0.1) is 6.58 Å². The minimum absolute atomic E-state index is 0.0348. The van der Waals surface area contributed by atoms with Crippen LogP contribution in [0.15, 0.2) is 211 Å². The molecule has 5 aromatic carbocycles. The lowest BCUT2D eigenvalue weighted by molar-refractivity contribution is 0.570. The molecule has 0 aromatic heterocycles. The molecule has 276 valence electrons. The van der Waals surface area contributed by atoms with Crippen molar-refractivity contribution in [3.8, 4) is 0 Å². The topological polar surface area (TPSA) is 3.24 Å². The van der Waals surface area contributed by atoms with Crippen molar-refractivity contribution < 1.29 is 0 Å². The SMILES string of the molecule is C=CC1=Cc2ccc(C)cc2C12CC(=C)/C(=C\C(Br)=C/C)C2.C=CCN(c1ccccc1)c1ccccc1.CC[C@@H](C)c1ccccc1.c1ccccc1. The average molecular weight is 775 g/mol. The summed E-state index contributed by atoms with van der Waals surface area (Å²) in [5, 5.41) is 0. The van der Waals surface area contributed by atoms with E-state index in [9.17, 15) is 0 Å². The van der Waals surface area contributed by atoms with Crippen molar-refractivity contribution in [2.45, 2.75) is 58.3 Å². The van der Waals surface area contributed by atoms with Crippen LogP contribution in [0.4, 0.5) is 11.4 Å².